The Balaban J connectivity index is -0.0000000267. The van der Waals surface area contributed by atoms with E-state index in [1.54, 1.807) is 0 Å². The summed E-state index contributed by atoms with van der Waals surface area (Å²) >= 11 is 0. The molecule has 0 rings (SSSR count). The molecule has 0 heterocycles. The van der Waals surface area contributed by atoms with Crippen LogP contribution in [0.15, 0.2) is 0 Å². The van der Waals surface area contributed by atoms with E-state index < -0.39 is 7.82 Å². The number of rotatable bonds is 0. The molecule has 50 valence electrons. The average Bonchev–Trinajstić information content (AvgIpc) is 0.722. The van der Waals surface area contributed by atoms with E-state index >= 15 is 0 Å². The molecule has 0 saturated heterocycles. The number of hydrogen-bond donors (Lipinski definition) is 0. The molecule has 0 fully saturated rings. The molecule has 0 N–H and O–H groups in total. The van der Waals surface area contributed by atoms with Crippen molar-refractivity contribution in [3.8, 4) is 0 Å². The zero-order valence-electron chi connectivity index (χ0n) is 3.29. The Morgan fingerprint density at radius 1 is 1.12 bits per heavy atom. The van der Waals surface area contributed by atoms with Crippen molar-refractivity contribution in [3.63, 3.8) is 0 Å². The molecule has 0 spiro atoms. The van der Waals surface area contributed by atoms with E-state index in [4.69, 9.17) is 19.2 Å². The van der Waals surface area contributed by atoms with Crippen molar-refractivity contribution < 1.29 is 68.8 Å². The summed E-state index contributed by atoms with van der Waals surface area (Å²) in [5, 5.41) is 0. The Morgan fingerprint density at radius 3 is 1.12 bits per heavy atom. The molecule has 0 aromatic rings. The predicted molar refractivity (Wildman–Crippen MR) is 8.29 cm³/mol. The van der Waals surface area contributed by atoms with E-state index in [1.807, 2.05) is 0 Å². The summed E-state index contributed by atoms with van der Waals surface area (Å²) in [6.45, 7) is 0. The minimum atomic E-state index is -5.39. The Hall–Kier alpha value is 1.52. The van der Waals surface area contributed by atoms with Gasteiger partial charge in [0.15, 0.2) is 0 Å². The van der Waals surface area contributed by atoms with Crippen molar-refractivity contribution in [1.29, 1.82) is 0 Å². The second-order valence-corrected chi connectivity index (χ2v) is 1.34. The molecule has 0 saturated carbocycles. The second-order valence-electron chi connectivity index (χ2n) is 0.447. The summed E-state index contributed by atoms with van der Waals surface area (Å²) in [7, 11) is -5.39. The minimum Gasteiger partial charge on any atom is -2.00 e. The Kier molecular flexibility index (Phi) is 24.2. The van der Waals surface area contributed by atoms with Crippen LogP contribution in [0.4, 0.5) is 0 Å². The van der Waals surface area contributed by atoms with Gasteiger partial charge in [-0.1, -0.05) is 0 Å². The maximum absolute atomic E-state index is 8.55. The van der Waals surface area contributed by atoms with Crippen molar-refractivity contribution in [1.82, 2.24) is 0 Å². The SMILES string of the molecule is O=P([O-])([O-])[O-].[Ag+].[O-2].[Ti+4]. The van der Waals surface area contributed by atoms with Gasteiger partial charge >= 0.3 is 44.1 Å². The Morgan fingerprint density at radius 2 is 1.12 bits per heavy atom. The van der Waals surface area contributed by atoms with Crippen LogP contribution >= 0.6 is 7.82 Å². The van der Waals surface area contributed by atoms with Crippen LogP contribution in [0.2, 0.25) is 0 Å². The standard InChI is InChI=1S/Ag.H3O4P.O.Ti/c;1-5(2,3)4;;/h;(H3,1,2,3,4);;/q+1;;-2;+4/p-3. The van der Waals surface area contributed by atoms with Crippen molar-refractivity contribution in [2.24, 2.45) is 0 Å². The first-order chi connectivity index (χ1) is 2.00. The van der Waals surface area contributed by atoms with E-state index in [1.165, 1.54) is 0 Å². The van der Waals surface area contributed by atoms with E-state index in [0.29, 0.717) is 0 Å². The third-order valence-electron chi connectivity index (χ3n) is 0. The molecular weight excluding hydrogens is 267 g/mol. The molecule has 0 aliphatic rings. The Labute approximate surface area is 76.4 Å². The number of phosphoric acid groups is 1. The minimum absolute atomic E-state index is 0. The van der Waals surface area contributed by atoms with Crippen LogP contribution < -0.4 is 14.7 Å². The van der Waals surface area contributed by atoms with Crippen molar-refractivity contribution in [3.05, 3.63) is 0 Å². The summed E-state index contributed by atoms with van der Waals surface area (Å²) in [4.78, 5) is 25.6. The summed E-state index contributed by atoms with van der Waals surface area (Å²) < 4.78 is 8.55. The zero-order valence-corrected chi connectivity index (χ0v) is 7.23. The van der Waals surface area contributed by atoms with Gasteiger partial charge in [-0.05, 0) is 0 Å². The van der Waals surface area contributed by atoms with Gasteiger partial charge in [0.1, 0.15) is 0 Å². The molecule has 0 bridgehead atoms. The summed E-state index contributed by atoms with van der Waals surface area (Å²) in [5.74, 6) is 0. The van der Waals surface area contributed by atoms with Crippen LogP contribution in [0, 0.1) is 0 Å². The normalized spacial score (nSPS) is 7.38. The van der Waals surface area contributed by atoms with Gasteiger partial charge in [0.05, 0.1) is 0 Å². The van der Waals surface area contributed by atoms with E-state index in [-0.39, 0.29) is 49.6 Å². The molecule has 0 amide bonds. The molecule has 0 radical (unpaired) electrons. The molecule has 8 heavy (non-hydrogen) atoms. The maximum Gasteiger partial charge on any atom is 4.00 e. The molecule has 5 nitrogen and oxygen atoms in total. The van der Waals surface area contributed by atoms with Gasteiger partial charge in [-0.15, -0.1) is 0 Å². The van der Waals surface area contributed by atoms with Crippen molar-refractivity contribution >= 4 is 7.82 Å². The maximum atomic E-state index is 8.55. The zero-order chi connectivity index (χ0) is 4.50. The quantitative estimate of drug-likeness (QED) is 0.344. The fourth-order valence-corrected chi connectivity index (χ4v) is 0. The molecule has 0 aliphatic heterocycles. The van der Waals surface area contributed by atoms with Gasteiger partial charge in [-0.2, -0.15) is 7.82 Å². The summed E-state index contributed by atoms with van der Waals surface area (Å²) in [5.41, 5.74) is 0. The van der Waals surface area contributed by atoms with Gasteiger partial charge < -0.3 is 24.7 Å². The van der Waals surface area contributed by atoms with Crippen LogP contribution in [0.1, 0.15) is 0 Å². The molecule has 0 unspecified atom stereocenters. The van der Waals surface area contributed by atoms with Crippen LogP contribution in [-0.4, -0.2) is 0 Å². The third kappa shape index (κ3) is 138. The molecule has 0 atom stereocenters. The van der Waals surface area contributed by atoms with Crippen molar-refractivity contribution in [2.45, 2.75) is 0 Å². The molecular formula is AgO5PTi. The topological polar surface area (TPSA) is 115 Å². The van der Waals surface area contributed by atoms with Gasteiger partial charge in [0, 0.05) is 0 Å². The van der Waals surface area contributed by atoms with Gasteiger partial charge in [0.25, 0.3) is 0 Å². The summed E-state index contributed by atoms with van der Waals surface area (Å²) in [6.07, 6.45) is 0. The monoisotopic (exact) mass is 266 g/mol. The van der Waals surface area contributed by atoms with Crippen molar-refractivity contribution in [2.75, 3.05) is 0 Å². The smallest absolute Gasteiger partial charge is 2.00 e. The average molecular weight is 267 g/mol. The Bertz CT molecular complexity index is 58.6. The fourth-order valence-electron chi connectivity index (χ4n) is 0. The second kappa shape index (κ2) is 8.52. The first-order valence-electron chi connectivity index (χ1n) is 0.730. The van der Waals surface area contributed by atoms with Gasteiger partial charge in [0.2, 0.25) is 0 Å². The van der Waals surface area contributed by atoms with Crippen LogP contribution in [0.5, 0.6) is 0 Å². The largest absolute Gasteiger partial charge is 4.00 e. The first-order valence-corrected chi connectivity index (χ1v) is 2.19. The summed E-state index contributed by atoms with van der Waals surface area (Å²) in [6, 6.07) is 0. The number of hydrogen-bond acceptors (Lipinski definition) is 4. The van der Waals surface area contributed by atoms with E-state index in [2.05, 4.69) is 0 Å². The fraction of sp³-hybridized carbons (Fsp3) is 0. The van der Waals surface area contributed by atoms with E-state index in [0.717, 1.165) is 0 Å². The third-order valence-corrected chi connectivity index (χ3v) is 0. The first kappa shape index (κ1) is 22.7. The molecule has 0 aliphatic carbocycles. The van der Waals surface area contributed by atoms with E-state index in [9.17, 15) is 0 Å². The molecule has 8 heteroatoms. The molecule has 0 aromatic heterocycles. The van der Waals surface area contributed by atoms with Crippen LogP contribution in [0.3, 0.4) is 0 Å². The van der Waals surface area contributed by atoms with Crippen LogP contribution in [0.25, 0.3) is 0 Å². The van der Waals surface area contributed by atoms with Gasteiger partial charge in [-0.25, -0.2) is 0 Å². The van der Waals surface area contributed by atoms with Crippen LogP contribution in [-0.2, 0) is 54.1 Å². The molecule has 0 aromatic carbocycles. The van der Waals surface area contributed by atoms with Gasteiger partial charge in [-0.3, -0.25) is 0 Å². The predicted octanol–water partition coefficient (Wildman–Crippen LogP) is -2.95.